The number of benzene rings is 2. The van der Waals surface area contributed by atoms with Crippen molar-refractivity contribution >= 4 is 22.8 Å². The highest BCUT2D eigenvalue weighted by Gasteiger charge is 2.12. The summed E-state index contributed by atoms with van der Waals surface area (Å²) >= 11 is 0. The number of para-hydroxylation sites is 1. The normalized spacial score (nSPS) is 10.9. The second-order valence-electron chi connectivity index (χ2n) is 6.64. The summed E-state index contributed by atoms with van der Waals surface area (Å²) in [6.45, 7) is 6.36. The van der Waals surface area contributed by atoms with Crippen molar-refractivity contribution in [2.24, 2.45) is 0 Å². The van der Waals surface area contributed by atoms with Gasteiger partial charge < -0.3 is 4.74 Å². The molecule has 2 aromatic carbocycles. The Morgan fingerprint density at radius 1 is 1.03 bits per heavy atom. The third kappa shape index (κ3) is 3.80. The number of nitrogens with one attached hydrogen (secondary N) is 2. The first kappa shape index (κ1) is 18.6. The number of ether oxygens (including phenoxy) is 1. The van der Waals surface area contributed by atoms with Crippen LogP contribution in [-0.4, -0.2) is 26.5 Å². The minimum absolute atomic E-state index is 0.256. The monoisotopic (exact) mass is 387 g/mol. The second-order valence-corrected chi connectivity index (χ2v) is 6.64. The first-order valence-corrected chi connectivity index (χ1v) is 9.39. The summed E-state index contributed by atoms with van der Waals surface area (Å²) in [5.41, 5.74) is 3.78. The van der Waals surface area contributed by atoms with E-state index in [1.165, 1.54) is 6.07 Å². The molecule has 7 heteroatoms. The highest BCUT2D eigenvalue weighted by molar-refractivity contribution is 5.87. The van der Waals surface area contributed by atoms with Crippen molar-refractivity contribution in [3.8, 4) is 17.0 Å². The minimum Gasteiger partial charge on any atom is -0.492 e. The number of anilines is 2. The molecule has 0 unspecified atom stereocenters. The molecule has 2 heterocycles. The zero-order valence-electron chi connectivity index (χ0n) is 16.5. The van der Waals surface area contributed by atoms with E-state index in [1.54, 1.807) is 0 Å². The molecular formula is C22H21N5O2. The van der Waals surface area contributed by atoms with Gasteiger partial charge in [0, 0.05) is 17.0 Å². The predicted octanol–water partition coefficient (Wildman–Crippen LogP) is 4.14. The van der Waals surface area contributed by atoms with Gasteiger partial charge in [0.1, 0.15) is 11.3 Å². The molecule has 0 atom stereocenters. The lowest BCUT2D eigenvalue weighted by Gasteiger charge is -2.11. The highest BCUT2D eigenvalue weighted by Crippen LogP contribution is 2.27. The largest absolute Gasteiger partial charge is 0.492 e. The van der Waals surface area contributed by atoms with Crippen molar-refractivity contribution in [1.82, 2.24) is 19.9 Å². The maximum absolute atomic E-state index is 12.2. The summed E-state index contributed by atoms with van der Waals surface area (Å²) in [5, 5.41) is 3.95. The molecule has 4 rings (SSSR count). The smallest absolute Gasteiger partial charge is 0.252 e. The van der Waals surface area contributed by atoms with E-state index >= 15 is 0 Å². The number of rotatable bonds is 5. The van der Waals surface area contributed by atoms with E-state index < -0.39 is 0 Å². The van der Waals surface area contributed by atoms with E-state index in [9.17, 15) is 4.79 Å². The summed E-state index contributed by atoms with van der Waals surface area (Å²) in [5.74, 6) is 1.31. The number of aromatic amines is 1. The Morgan fingerprint density at radius 2 is 1.86 bits per heavy atom. The van der Waals surface area contributed by atoms with Crippen LogP contribution in [0.2, 0.25) is 0 Å². The number of aryl methyl sites for hydroxylation is 2. The summed E-state index contributed by atoms with van der Waals surface area (Å²) in [7, 11) is 0. The van der Waals surface area contributed by atoms with Gasteiger partial charge >= 0.3 is 0 Å². The van der Waals surface area contributed by atoms with Gasteiger partial charge in [0.15, 0.2) is 0 Å². The Hall–Kier alpha value is -3.74. The van der Waals surface area contributed by atoms with Crippen molar-refractivity contribution in [1.29, 1.82) is 0 Å². The Morgan fingerprint density at radius 3 is 2.66 bits per heavy atom. The van der Waals surface area contributed by atoms with Crippen LogP contribution in [0.3, 0.4) is 0 Å². The quantitative estimate of drug-likeness (QED) is 0.535. The Bertz CT molecular complexity index is 1250. The van der Waals surface area contributed by atoms with Crippen LogP contribution in [0.25, 0.3) is 22.2 Å². The number of nitrogens with zero attached hydrogens (tertiary/aromatic N) is 3. The van der Waals surface area contributed by atoms with E-state index in [2.05, 4.69) is 25.3 Å². The first-order valence-electron chi connectivity index (χ1n) is 9.39. The maximum Gasteiger partial charge on any atom is 0.252 e. The molecule has 0 saturated carbocycles. The summed E-state index contributed by atoms with van der Waals surface area (Å²) in [6.07, 6.45) is 0. The van der Waals surface area contributed by atoms with Gasteiger partial charge in [-0.2, -0.15) is 0 Å². The molecule has 7 nitrogen and oxygen atoms in total. The molecule has 0 aliphatic rings. The van der Waals surface area contributed by atoms with Crippen LogP contribution in [0.5, 0.6) is 5.75 Å². The van der Waals surface area contributed by atoms with Gasteiger partial charge in [-0.05, 0) is 32.4 Å². The molecule has 0 aliphatic carbocycles. The molecule has 0 spiro atoms. The van der Waals surface area contributed by atoms with E-state index in [0.717, 1.165) is 22.2 Å². The van der Waals surface area contributed by atoms with E-state index in [0.29, 0.717) is 29.5 Å². The van der Waals surface area contributed by atoms with Crippen molar-refractivity contribution in [3.63, 3.8) is 0 Å². The molecule has 4 aromatic rings. The fraction of sp³-hybridized carbons (Fsp3) is 0.182. The lowest BCUT2D eigenvalue weighted by atomic mass is 10.1. The first-order chi connectivity index (χ1) is 14.0. The van der Waals surface area contributed by atoms with Crippen LogP contribution in [-0.2, 0) is 0 Å². The average molecular weight is 387 g/mol. The summed E-state index contributed by atoms with van der Waals surface area (Å²) in [6, 6.07) is 15.0. The predicted molar refractivity (Wildman–Crippen MR) is 114 cm³/mol. The van der Waals surface area contributed by atoms with Crippen molar-refractivity contribution < 1.29 is 4.74 Å². The van der Waals surface area contributed by atoms with Gasteiger partial charge in [0.2, 0.25) is 11.9 Å². The van der Waals surface area contributed by atoms with Crippen molar-refractivity contribution in [2.45, 2.75) is 20.8 Å². The van der Waals surface area contributed by atoms with E-state index in [1.807, 2.05) is 63.2 Å². The number of H-pyrrole nitrogens is 1. The van der Waals surface area contributed by atoms with Gasteiger partial charge in [-0.25, -0.2) is 15.0 Å². The van der Waals surface area contributed by atoms with Crippen LogP contribution in [0.1, 0.15) is 18.2 Å². The van der Waals surface area contributed by atoms with Gasteiger partial charge in [0.05, 0.1) is 18.0 Å². The fourth-order valence-electron chi connectivity index (χ4n) is 3.23. The van der Waals surface area contributed by atoms with Crippen LogP contribution >= 0.6 is 0 Å². The van der Waals surface area contributed by atoms with Gasteiger partial charge in [0.25, 0.3) is 5.56 Å². The number of aromatic nitrogens is 4. The molecule has 2 aromatic heterocycles. The lowest BCUT2D eigenvalue weighted by molar-refractivity contribution is 0.343. The molecule has 146 valence electrons. The highest BCUT2D eigenvalue weighted by atomic mass is 16.5. The zero-order valence-corrected chi connectivity index (χ0v) is 16.5. The third-order valence-corrected chi connectivity index (χ3v) is 4.57. The van der Waals surface area contributed by atoms with Crippen LogP contribution in [0.15, 0.2) is 53.3 Å². The molecule has 0 bridgehead atoms. The van der Waals surface area contributed by atoms with E-state index in [4.69, 9.17) is 4.74 Å². The van der Waals surface area contributed by atoms with Crippen LogP contribution < -0.4 is 15.6 Å². The average Bonchev–Trinajstić information content (AvgIpc) is 2.69. The van der Waals surface area contributed by atoms with Crippen LogP contribution in [0, 0.1) is 13.8 Å². The Labute approximate surface area is 167 Å². The van der Waals surface area contributed by atoms with Crippen LogP contribution in [0.4, 0.5) is 11.9 Å². The molecule has 0 aliphatic heterocycles. The van der Waals surface area contributed by atoms with Gasteiger partial charge in [-0.1, -0.05) is 36.4 Å². The number of hydrogen-bond donors (Lipinski definition) is 2. The molecule has 29 heavy (non-hydrogen) atoms. The van der Waals surface area contributed by atoms with Gasteiger partial charge in [-0.3, -0.25) is 15.1 Å². The van der Waals surface area contributed by atoms with Gasteiger partial charge in [-0.15, -0.1) is 0 Å². The Balaban J connectivity index is 1.76. The summed E-state index contributed by atoms with van der Waals surface area (Å²) in [4.78, 5) is 28.6. The summed E-state index contributed by atoms with van der Waals surface area (Å²) < 4.78 is 5.70. The maximum atomic E-state index is 12.2. The standard InChI is InChI=1S/C22H21N5O2/c1-4-29-18-11-7-10-16-14(3)23-21(26-20(16)18)27-22-24-17(12-19(28)25-22)15-9-6-5-8-13(15)2/h5-12H,4H2,1-3H3,(H2,23,24,25,26,27,28). The SMILES string of the molecule is CCOc1cccc2c(C)nc(Nc3nc(-c4ccccc4C)cc(=O)[nH]3)nc12. The molecule has 0 amide bonds. The zero-order chi connectivity index (χ0) is 20.4. The van der Waals surface area contributed by atoms with Crippen molar-refractivity contribution in [3.05, 3.63) is 70.1 Å². The number of hydrogen-bond acceptors (Lipinski definition) is 6. The lowest BCUT2D eigenvalue weighted by Crippen LogP contribution is -2.12. The molecular weight excluding hydrogens is 366 g/mol. The minimum atomic E-state index is -0.256. The van der Waals surface area contributed by atoms with E-state index in [-0.39, 0.29) is 11.5 Å². The third-order valence-electron chi connectivity index (χ3n) is 4.57. The number of fused-ring (bicyclic) bond motifs is 1. The van der Waals surface area contributed by atoms with Crippen molar-refractivity contribution in [2.75, 3.05) is 11.9 Å². The fourth-order valence-corrected chi connectivity index (χ4v) is 3.23. The molecule has 2 N–H and O–H groups in total. The second kappa shape index (κ2) is 7.71. The topological polar surface area (TPSA) is 92.8 Å². The molecule has 0 fully saturated rings. The molecule has 0 radical (unpaired) electrons. The Kier molecular flexibility index (Phi) is 4.95. The molecule has 0 saturated heterocycles.